The number of rotatable bonds is 3. The fourth-order valence-electron chi connectivity index (χ4n) is 3.80. The molecule has 3 aliphatic rings. The van der Waals surface area contributed by atoms with Gasteiger partial charge in [-0.15, -0.1) is 10.6 Å². The number of hydrazone groups is 1. The van der Waals surface area contributed by atoms with E-state index in [1.165, 1.54) is 0 Å². The number of sulfonamides is 1. The molecule has 0 saturated carbocycles. The first-order valence-electron chi connectivity index (χ1n) is 9.05. The maximum Gasteiger partial charge on any atom is 0.244 e. The summed E-state index contributed by atoms with van der Waals surface area (Å²) in [6.07, 6.45) is 1.65. The van der Waals surface area contributed by atoms with Gasteiger partial charge in [0.1, 0.15) is 16.4 Å². The number of anilines is 1. The molecule has 0 aromatic heterocycles. The Kier molecular flexibility index (Phi) is 3.93. The minimum absolute atomic E-state index is 0.146. The van der Waals surface area contributed by atoms with Crippen molar-refractivity contribution in [3.63, 3.8) is 0 Å². The number of fused-ring (bicyclic) bond motifs is 3. The van der Waals surface area contributed by atoms with E-state index in [2.05, 4.69) is 25.8 Å². The lowest BCUT2D eigenvalue weighted by Crippen LogP contribution is -2.48. The first kappa shape index (κ1) is 17.3. The van der Waals surface area contributed by atoms with E-state index in [1.54, 1.807) is 11.1 Å². The summed E-state index contributed by atoms with van der Waals surface area (Å²) in [4.78, 5) is 2.36. The van der Waals surface area contributed by atoms with E-state index in [0.29, 0.717) is 11.5 Å². The molecule has 3 heterocycles. The summed E-state index contributed by atoms with van der Waals surface area (Å²) in [6, 6.07) is 12.7. The summed E-state index contributed by atoms with van der Waals surface area (Å²) in [5, 5.41) is 5.93. The number of hydrogen-bond donors (Lipinski definition) is 3. The molecule has 2 aromatic carbocycles. The molecule has 3 aliphatic heterocycles. The van der Waals surface area contributed by atoms with Crippen LogP contribution in [0.4, 0.5) is 5.69 Å². The van der Waals surface area contributed by atoms with Crippen molar-refractivity contribution in [2.24, 2.45) is 5.10 Å². The monoisotopic (exact) mass is 400 g/mol. The number of nitrogens with one attached hydrogen (secondary N) is 3. The van der Waals surface area contributed by atoms with Crippen LogP contribution in [0.25, 0.3) is 0 Å². The maximum atomic E-state index is 12.7. The fraction of sp³-hybridized carbons (Fsp3) is 0.278. The van der Waals surface area contributed by atoms with E-state index in [9.17, 15) is 8.42 Å². The zero-order chi connectivity index (χ0) is 19.3. The van der Waals surface area contributed by atoms with E-state index in [-0.39, 0.29) is 11.1 Å². The minimum Gasteiger partial charge on any atom is -0.457 e. The maximum absolute atomic E-state index is 12.7. The van der Waals surface area contributed by atoms with E-state index < -0.39 is 10.0 Å². The Bertz CT molecular complexity index is 1070. The molecule has 0 bridgehead atoms. The van der Waals surface area contributed by atoms with Crippen molar-refractivity contribution in [3.8, 4) is 11.5 Å². The lowest BCUT2D eigenvalue weighted by atomic mass is 10.2. The third-order valence-electron chi connectivity index (χ3n) is 5.10. The normalized spacial score (nSPS) is 22.3. The van der Waals surface area contributed by atoms with Gasteiger partial charge in [0.15, 0.2) is 5.84 Å². The predicted octanol–water partition coefficient (Wildman–Crippen LogP) is 1.31. The number of amidine groups is 1. The van der Waals surface area contributed by atoms with Gasteiger partial charge in [0.25, 0.3) is 0 Å². The van der Waals surface area contributed by atoms with Crippen LogP contribution >= 0.6 is 0 Å². The molecular formula is C18H20N6O3S. The number of benzene rings is 2. The Hall–Kier alpha value is -2.82. The van der Waals surface area contributed by atoms with Gasteiger partial charge in [0.05, 0.1) is 11.9 Å². The average molecular weight is 400 g/mol. The standard InChI is InChI=1S/C18H20N6O3S/c1-23-18(19-21-22-23)12-4-2-5-13(10-12)27-14-7-8-15-16(11-14)28(25,26)20-17-6-3-9-24(15)17/h2,4-5,7-8,10-11,17,20-22H,3,6,9H2,1H3. The fourth-order valence-corrected chi connectivity index (χ4v) is 5.27. The molecular weight excluding hydrogens is 380 g/mol. The molecule has 9 nitrogen and oxygen atoms in total. The summed E-state index contributed by atoms with van der Waals surface area (Å²) in [5.74, 6) is 1.79. The lowest BCUT2D eigenvalue weighted by Gasteiger charge is -2.33. The highest BCUT2D eigenvalue weighted by molar-refractivity contribution is 7.89. The molecule has 28 heavy (non-hydrogen) atoms. The Labute approximate surface area is 163 Å². The highest BCUT2D eigenvalue weighted by Gasteiger charge is 2.37. The minimum atomic E-state index is -3.55. The van der Waals surface area contributed by atoms with Gasteiger partial charge in [-0.25, -0.2) is 14.0 Å². The van der Waals surface area contributed by atoms with Crippen molar-refractivity contribution in [1.82, 2.24) is 20.8 Å². The van der Waals surface area contributed by atoms with Crippen LogP contribution in [0.1, 0.15) is 18.4 Å². The molecule has 1 fully saturated rings. The topological polar surface area (TPSA) is 98.3 Å². The van der Waals surface area contributed by atoms with Crippen LogP contribution in [0.5, 0.6) is 11.5 Å². The molecule has 0 aliphatic carbocycles. The van der Waals surface area contributed by atoms with Crippen LogP contribution in [0.15, 0.2) is 52.5 Å². The number of ether oxygens (including phenoxy) is 1. The molecule has 1 unspecified atom stereocenters. The molecule has 1 atom stereocenters. The lowest BCUT2D eigenvalue weighted by molar-refractivity contribution is 0.349. The first-order chi connectivity index (χ1) is 13.5. The molecule has 1 saturated heterocycles. The zero-order valence-corrected chi connectivity index (χ0v) is 16.0. The van der Waals surface area contributed by atoms with Gasteiger partial charge < -0.3 is 9.64 Å². The summed E-state index contributed by atoms with van der Waals surface area (Å²) in [7, 11) is -1.71. The Morgan fingerprint density at radius 1 is 1.18 bits per heavy atom. The molecule has 0 radical (unpaired) electrons. The van der Waals surface area contributed by atoms with Gasteiger partial charge in [0.2, 0.25) is 10.0 Å². The third-order valence-corrected chi connectivity index (χ3v) is 6.59. The summed E-state index contributed by atoms with van der Waals surface area (Å²) < 4.78 is 34.0. The van der Waals surface area contributed by atoms with Crippen molar-refractivity contribution in [1.29, 1.82) is 0 Å². The van der Waals surface area contributed by atoms with E-state index in [1.807, 2.05) is 43.4 Å². The Morgan fingerprint density at radius 2 is 2.04 bits per heavy atom. The van der Waals surface area contributed by atoms with Gasteiger partial charge in [-0.05, 0) is 37.1 Å². The second kappa shape index (κ2) is 6.36. The number of nitrogens with zero attached hydrogens (tertiary/aromatic N) is 3. The van der Waals surface area contributed by atoms with Gasteiger partial charge in [0, 0.05) is 25.2 Å². The zero-order valence-electron chi connectivity index (χ0n) is 15.2. The van der Waals surface area contributed by atoms with Crippen LogP contribution in [-0.4, -0.2) is 39.0 Å². The van der Waals surface area contributed by atoms with Crippen LogP contribution in [0.2, 0.25) is 0 Å². The Morgan fingerprint density at radius 3 is 2.86 bits per heavy atom. The molecule has 0 amide bonds. The smallest absolute Gasteiger partial charge is 0.244 e. The highest BCUT2D eigenvalue weighted by atomic mass is 32.2. The number of hydrazine groups is 2. The second-order valence-electron chi connectivity index (χ2n) is 6.95. The molecule has 2 aromatic rings. The number of hydrogen-bond acceptors (Lipinski definition) is 8. The van der Waals surface area contributed by atoms with Crippen LogP contribution in [0.3, 0.4) is 0 Å². The molecule has 5 rings (SSSR count). The van der Waals surface area contributed by atoms with Crippen molar-refractivity contribution < 1.29 is 13.2 Å². The molecule has 3 N–H and O–H groups in total. The van der Waals surface area contributed by atoms with Crippen molar-refractivity contribution in [3.05, 3.63) is 48.0 Å². The van der Waals surface area contributed by atoms with Crippen molar-refractivity contribution in [2.75, 3.05) is 18.5 Å². The van der Waals surface area contributed by atoms with Gasteiger partial charge in [-0.2, -0.15) is 4.72 Å². The van der Waals surface area contributed by atoms with E-state index >= 15 is 0 Å². The van der Waals surface area contributed by atoms with E-state index in [0.717, 1.165) is 36.5 Å². The predicted molar refractivity (Wildman–Crippen MR) is 104 cm³/mol. The molecule has 146 valence electrons. The summed E-state index contributed by atoms with van der Waals surface area (Å²) >= 11 is 0. The summed E-state index contributed by atoms with van der Waals surface area (Å²) in [5.41, 5.74) is 7.16. The van der Waals surface area contributed by atoms with Gasteiger partial charge in [-0.1, -0.05) is 12.1 Å². The average Bonchev–Trinajstić information content (AvgIpc) is 3.30. The molecule has 10 heteroatoms. The van der Waals surface area contributed by atoms with Crippen molar-refractivity contribution >= 4 is 21.5 Å². The van der Waals surface area contributed by atoms with Gasteiger partial charge >= 0.3 is 0 Å². The molecule has 0 spiro atoms. The van der Waals surface area contributed by atoms with E-state index in [4.69, 9.17) is 4.74 Å². The Balaban J connectivity index is 1.46. The van der Waals surface area contributed by atoms with Crippen LogP contribution < -0.4 is 25.4 Å². The van der Waals surface area contributed by atoms with Crippen LogP contribution in [-0.2, 0) is 10.0 Å². The summed E-state index contributed by atoms with van der Waals surface area (Å²) in [6.45, 7) is 0.847. The quantitative estimate of drug-likeness (QED) is 0.715. The van der Waals surface area contributed by atoms with Crippen LogP contribution in [0, 0.1) is 0 Å². The largest absolute Gasteiger partial charge is 0.457 e. The SMILES string of the molecule is CN1NNN=C1c1cccc(Oc2ccc3c(c2)S(=O)(=O)NC2CCCN32)c1. The second-order valence-corrected chi connectivity index (χ2v) is 8.63. The van der Waals surface area contributed by atoms with Crippen molar-refractivity contribution in [2.45, 2.75) is 23.9 Å². The highest BCUT2D eigenvalue weighted by Crippen LogP contribution is 2.38. The van der Waals surface area contributed by atoms with Gasteiger partial charge in [-0.3, -0.25) is 5.01 Å². The first-order valence-corrected chi connectivity index (χ1v) is 10.5. The third kappa shape index (κ3) is 2.86.